The van der Waals surface area contributed by atoms with Crippen molar-refractivity contribution >= 4 is 11.8 Å². The summed E-state index contributed by atoms with van der Waals surface area (Å²) >= 11 is 1.77. The summed E-state index contributed by atoms with van der Waals surface area (Å²) in [6.07, 6.45) is 13.9. The van der Waals surface area contributed by atoms with Gasteiger partial charge in [-0.2, -0.15) is 0 Å². The molecule has 0 saturated heterocycles. The summed E-state index contributed by atoms with van der Waals surface area (Å²) in [6.45, 7) is 4.22. The topological polar surface area (TPSA) is 41.6 Å². The van der Waals surface area contributed by atoms with Gasteiger partial charge >= 0.3 is 0 Å². The third kappa shape index (κ3) is 9.09. The van der Waals surface area contributed by atoms with E-state index in [-0.39, 0.29) is 0 Å². The molecule has 0 bridgehead atoms. The van der Waals surface area contributed by atoms with Crippen molar-refractivity contribution < 1.29 is 0 Å². The van der Waals surface area contributed by atoms with Crippen molar-refractivity contribution in [3.8, 4) is 0 Å². The molecule has 1 aromatic heterocycles. The van der Waals surface area contributed by atoms with E-state index in [0.717, 1.165) is 16.7 Å². The minimum Gasteiger partial charge on any atom is -0.262 e. The largest absolute Gasteiger partial charge is 0.262 e. The fraction of sp³-hybridized carbons (Fsp3) is 0.867. The molecule has 0 aliphatic carbocycles. The molecule has 0 unspecified atom stereocenters. The molecule has 0 spiro atoms. The van der Waals surface area contributed by atoms with Crippen LogP contribution in [0, 0.1) is 6.92 Å². The van der Waals surface area contributed by atoms with E-state index in [4.69, 9.17) is 0 Å². The predicted molar refractivity (Wildman–Crippen MR) is 83.7 cm³/mol. The van der Waals surface area contributed by atoms with Gasteiger partial charge < -0.3 is 0 Å². The zero-order valence-corrected chi connectivity index (χ0v) is 13.4. The Labute approximate surface area is 122 Å². The summed E-state index contributed by atoms with van der Waals surface area (Å²) in [5.41, 5.74) is 0. The molecule has 1 rings (SSSR count). The Balaban J connectivity index is 1.79. The van der Waals surface area contributed by atoms with Crippen LogP contribution in [0.25, 0.3) is 0 Å². The van der Waals surface area contributed by atoms with Gasteiger partial charge in [0.05, 0.1) is 0 Å². The number of hydrogen-bond acceptors (Lipinski definition) is 3. The van der Waals surface area contributed by atoms with Crippen molar-refractivity contribution in [1.29, 1.82) is 0 Å². The number of rotatable bonds is 12. The Kier molecular flexibility index (Phi) is 9.86. The minimum atomic E-state index is 0.897. The van der Waals surface area contributed by atoms with Crippen LogP contribution in [0.1, 0.15) is 77.0 Å². The van der Waals surface area contributed by atoms with E-state index < -0.39 is 0 Å². The van der Waals surface area contributed by atoms with Gasteiger partial charge in [0.2, 0.25) is 5.16 Å². The number of nitrogens with zero attached hydrogens (tertiary/aromatic N) is 2. The zero-order valence-electron chi connectivity index (χ0n) is 12.6. The molecule has 0 saturated carbocycles. The minimum absolute atomic E-state index is 0.897. The zero-order chi connectivity index (χ0) is 13.8. The standard InChI is InChI=1S/C15H29N3S/c1-3-4-5-6-7-8-9-10-11-12-13-19-15-16-14(2)17-18-15/h3-13H2,1-2H3,(H,16,17,18). The summed E-state index contributed by atoms with van der Waals surface area (Å²) in [5.74, 6) is 2.05. The molecular weight excluding hydrogens is 254 g/mol. The van der Waals surface area contributed by atoms with E-state index in [1.807, 2.05) is 6.92 Å². The molecule has 0 aliphatic rings. The number of unbranched alkanes of at least 4 members (excludes halogenated alkanes) is 9. The van der Waals surface area contributed by atoms with Crippen molar-refractivity contribution in [3.63, 3.8) is 0 Å². The highest BCUT2D eigenvalue weighted by atomic mass is 32.2. The van der Waals surface area contributed by atoms with Gasteiger partial charge in [0.1, 0.15) is 5.82 Å². The van der Waals surface area contributed by atoms with Gasteiger partial charge in [-0.25, -0.2) is 4.98 Å². The Morgan fingerprint density at radius 1 is 0.895 bits per heavy atom. The van der Waals surface area contributed by atoms with E-state index in [1.165, 1.54) is 64.2 Å². The first-order valence-corrected chi connectivity index (χ1v) is 8.83. The van der Waals surface area contributed by atoms with Crippen molar-refractivity contribution in [2.45, 2.75) is 83.2 Å². The van der Waals surface area contributed by atoms with Crippen molar-refractivity contribution in [1.82, 2.24) is 15.2 Å². The third-order valence-corrected chi connectivity index (χ3v) is 4.24. The second-order valence-corrected chi connectivity index (χ2v) is 6.30. The average Bonchev–Trinajstić information content (AvgIpc) is 2.82. The molecule has 110 valence electrons. The van der Waals surface area contributed by atoms with Gasteiger partial charge in [-0.1, -0.05) is 76.5 Å². The first-order valence-electron chi connectivity index (χ1n) is 7.84. The summed E-state index contributed by atoms with van der Waals surface area (Å²) in [4.78, 5) is 4.29. The number of thioether (sulfide) groups is 1. The van der Waals surface area contributed by atoms with E-state index in [9.17, 15) is 0 Å². The smallest absolute Gasteiger partial charge is 0.208 e. The summed E-state index contributed by atoms with van der Waals surface area (Å²) in [6, 6.07) is 0. The number of hydrogen-bond donors (Lipinski definition) is 1. The molecule has 4 heteroatoms. The van der Waals surface area contributed by atoms with Crippen molar-refractivity contribution in [2.24, 2.45) is 0 Å². The van der Waals surface area contributed by atoms with Crippen LogP contribution in [0.5, 0.6) is 0 Å². The Morgan fingerprint density at radius 2 is 1.47 bits per heavy atom. The van der Waals surface area contributed by atoms with Crippen LogP contribution in [0.4, 0.5) is 0 Å². The Morgan fingerprint density at radius 3 is 2.00 bits per heavy atom. The van der Waals surface area contributed by atoms with Crippen LogP contribution < -0.4 is 0 Å². The van der Waals surface area contributed by atoms with Crippen LogP contribution in [0.2, 0.25) is 0 Å². The fourth-order valence-corrected chi connectivity index (χ4v) is 2.98. The highest BCUT2D eigenvalue weighted by Crippen LogP contribution is 2.16. The fourth-order valence-electron chi connectivity index (χ4n) is 2.14. The highest BCUT2D eigenvalue weighted by Gasteiger charge is 1.99. The van der Waals surface area contributed by atoms with Gasteiger partial charge in [0, 0.05) is 5.75 Å². The highest BCUT2D eigenvalue weighted by molar-refractivity contribution is 7.99. The Hall–Kier alpha value is -0.510. The molecule has 0 atom stereocenters. The molecule has 1 N–H and O–H groups in total. The van der Waals surface area contributed by atoms with Gasteiger partial charge in [0.15, 0.2) is 0 Å². The second-order valence-electron chi connectivity index (χ2n) is 5.23. The van der Waals surface area contributed by atoms with Crippen molar-refractivity contribution in [3.05, 3.63) is 5.82 Å². The molecule has 0 radical (unpaired) electrons. The SMILES string of the molecule is CCCCCCCCCCCCSc1n[nH]c(C)n1. The Bertz CT molecular complexity index is 312. The van der Waals surface area contributed by atoms with E-state index in [2.05, 4.69) is 22.1 Å². The number of aryl methyl sites for hydroxylation is 1. The van der Waals surface area contributed by atoms with Crippen LogP contribution in [-0.4, -0.2) is 20.9 Å². The molecule has 0 aliphatic heterocycles. The number of aromatic amines is 1. The average molecular weight is 283 g/mol. The number of aromatic nitrogens is 3. The van der Waals surface area contributed by atoms with Gasteiger partial charge in [-0.15, -0.1) is 5.10 Å². The first kappa shape index (κ1) is 16.5. The van der Waals surface area contributed by atoms with E-state index in [0.29, 0.717) is 0 Å². The second kappa shape index (κ2) is 11.3. The monoisotopic (exact) mass is 283 g/mol. The predicted octanol–water partition coefficient (Wildman–Crippen LogP) is 5.13. The maximum absolute atomic E-state index is 4.29. The molecule has 19 heavy (non-hydrogen) atoms. The molecule has 0 amide bonds. The summed E-state index contributed by atoms with van der Waals surface area (Å²) in [5, 5.41) is 7.90. The lowest BCUT2D eigenvalue weighted by atomic mass is 10.1. The first-order chi connectivity index (χ1) is 9.33. The molecule has 0 aromatic carbocycles. The molecule has 1 aromatic rings. The lowest BCUT2D eigenvalue weighted by molar-refractivity contribution is 0.563. The van der Waals surface area contributed by atoms with Gasteiger partial charge in [0.25, 0.3) is 0 Å². The van der Waals surface area contributed by atoms with Crippen molar-refractivity contribution in [2.75, 3.05) is 5.75 Å². The van der Waals surface area contributed by atoms with Crippen LogP contribution >= 0.6 is 11.8 Å². The van der Waals surface area contributed by atoms with Gasteiger partial charge in [-0.3, -0.25) is 5.10 Å². The summed E-state index contributed by atoms with van der Waals surface area (Å²) < 4.78 is 0. The maximum Gasteiger partial charge on any atom is 0.208 e. The third-order valence-electron chi connectivity index (χ3n) is 3.31. The maximum atomic E-state index is 4.29. The van der Waals surface area contributed by atoms with Crippen LogP contribution in [-0.2, 0) is 0 Å². The van der Waals surface area contributed by atoms with Crippen LogP contribution in [0.3, 0.4) is 0 Å². The number of H-pyrrole nitrogens is 1. The van der Waals surface area contributed by atoms with Crippen LogP contribution in [0.15, 0.2) is 5.16 Å². The van der Waals surface area contributed by atoms with Gasteiger partial charge in [-0.05, 0) is 13.3 Å². The summed E-state index contributed by atoms with van der Waals surface area (Å²) in [7, 11) is 0. The lowest BCUT2D eigenvalue weighted by Crippen LogP contribution is -1.85. The molecule has 1 heterocycles. The lowest BCUT2D eigenvalue weighted by Gasteiger charge is -2.01. The van der Waals surface area contributed by atoms with E-state index in [1.54, 1.807) is 11.8 Å². The normalized spacial score (nSPS) is 11.1. The molecule has 0 fully saturated rings. The molecule has 3 nitrogen and oxygen atoms in total. The quantitative estimate of drug-likeness (QED) is 0.427. The van der Waals surface area contributed by atoms with E-state index >= 15 is 0 Å². The molecular formula is C15H29N3S. The number of nitrogens with one attached hydrogen (secondary N) is 1.